The SMILES string of the molecule is CNC1=C(C)CC/C1=C\N1CCc2ccccc21.c1ccc2c(c1)CCN2. The van der Waals surface area contributed by atoms with Crippen LogP contribution in [0.2, 0.25) is 0 Å². The number of para-hydroxylation sites is 2. The number of hydrogen-bond acceptors (Lipinski definition) is 3. The minimum atomic E-state index is 1.11. The number of anilines is 2. The second-order valence-electron chi connectivity index (χ2n) is 7.47. The molecule has 2 N–H and O–H groups in total. The number of nitrogens with zero attached hydrogens (tertiary/aromatic N) is 1. The highest BCUT2D eigenvalue weighted by Crippen LogP contribution is 2.33. The van der Waals surface area contributed by atoms with E-state index in [2.05, 4.69) is 77.2 Å². The first-order valence-corrected chi connectivity index (χ1v) is 10.0. The molecular formula is C24H29N3. The zero-order valence-electron chi connectivity index (χ0n) is 16.4. The Kier molecular flexibility index (Phi) is 5.19. The van der Waals surface area contributed by atoms with Crippen LogP contribution < -0.4 is 15.5 Å². The van der Waals surface area contributed by atoms with Gasteiger partial charge in [-0.05, 0) is 67.0 Å². The van der Waals surface area contributed by atoms with Crippen molar-refractivity contribution in [1.82, 2.24) is 5.32 Å². The van der Waals surface area contributed by atoms with Crippen molar-refractivity contribution >= 4 is 11.4 Å². The molecule has 2 heterocycles. The summed E-state index contributed by atoms with van der Waals surface area (Å²) in [4.78, 5) is 2.40. The zero-order valence-corrected chi connectivity index (χ0v) is 16.4. The molecular weight excluding hydrogens is 330 g/mol. The van der Waals surface area contributed by atoms with E-state index < -0.39 is 0 Å². The predicted molar refractivity (Wildman–Crippen MR) is 115 cm³/mol. The van der Waals surface area contributed by atoms with Crippen LogP contribution in [0.25, 0.3) is 0 Å². The van der Waals surface area contributed by atoms with Gasteiger partial charge in [0.1, 0.15) is 0 Å². The largest absolute Gasteiger partial charge is 0.388 e. The van der Waals surface area contributed by atoms with E-state index in [-0.39, 0.29) is 0 Å². The summed E-state index contributed by atoms with van der Waals surface area (Å²) in [5, 5.41) is 6.65. The highest BCUT2D eigenvalue weighted by molar-refractivity contribution is 5.61. The van der Waals surface area contributed by atoms with Crippen molar-refractivity contribution in [2.45, 2.75) is 32.6 Å². The number of nitrogens with one attached hydrogen (secondary N) is 2. The molecule has 27 heavy (non-hydrogen) atoms. The lowest BCUT2D eigenvalue weighted by Crippen LogP contribution is -2.15. The normalized spacial score (nSPS) is 18.7. The van der Waals surface area contributed by atoms with E-state index in [1.165, 1.54) is 58.6 Å². The minimum Gasteiger partial charge on any atom is -0.388 e. The quantitative estimate of drug-likeness (QED) is 0.801. The molecule has 0 bridgehead atoms. The maximum absolute atomic E-state index is 3.35. The Hall–Kier alpha value is -2.68. The van der Waals surface area contributed by atoms with Gasteiger partial charge in [-0.15, -0.1) is 0 Å². The average Bonchev–Trinajstić information content (AvgIpc) is 3.42. The van der Waals surface area contributed by atoms with Crippen molar-refractivity contribution in [3.63, 3.8) is 0 Å². The second kappa shape index (κ2) is 7.91. The molecule has 0 amide bonds. The highest BCUT2D eigenvalue weighted by Gasteiger charge is 2.20. The van der Waals surface area contributed by atoms with Crippen molar-refractivity contribution in [3.05, 3.63) is 82.7 Å². The Morgan fingerprint density at radius 3 is 2.52 bits per heavy atom. The van der Waals surface area contributed by atoms with Gasteiger partial charge in [0, 0.05) is 43.4 Å². The van der Waals surface area contributed by atoms with Crippen molar-refractivity contribution < 1.29 is 0 Å². The number of fused-ring (bicyclic) bond motifs is 2. The molecule has 0 spiro atoms. The molecule has 140 valence electrons. The van der Waals surface area contributed by atoms with Crippen LogP contribution in [-0.2, 0) is 12.8 Å². The third kappa shape index (κ3) is 3.73. The standard InChI is InChI=1S/C16H20N2.C8H9N/c1-12-7-8-14(16(12)17-2)11-18-10-9-13-5-3-4-6-15(13)18;1-2-4-8-7(3-1)5-6-9-8/h3-6,11,17H,7-10H2,1-2H3;1-4,9H,5-6H2/b14-11+;. The number of likely N-dealkylation sites (N-methyl/N-ethyl adjacent to an activating group) is 1. The van der Waals surface area contributed by atoms with Crippen LogP contribution in [0.5, 0.6) is 0 Å². The topological polar surface area (TPSA) is 27.3 Å². The van der Waals surface area contributed by atoms with Crippen LogP contribution in [0.4, 0.5) is 11.4 Å². The smallest absolute Gasteiger partial charge is 0.0439 e. The molecule has 0 unspecified atom stereocenters. The van der Waals surface area contributed by atoms with Crippen LogP contribution in [-0.4, -0.2) is 20.1 Å². The maximum Gasteiger partial charge on any atom is 0.0439 e. The Morgan fingerprint density at radius 2 is 1.70 bits per heavy atom. The van der Waals surface area contributed by atoms with E-state index in [1.807, 2.05) is 7.05 Å². The molecule has 2 aromatic carbocycles. The van der Waals surface area contributed by atoms with Crippen molar-refractivity contribution in [2.24, 2.45) is 0 Å². The Morgan fingerprint density at radius 1 is 0.926 bits per heavy atom. The Labute approximate surface area is 162 Å². The van der Waals surface area contributed by atoms with E-state index in [4.69, 9.17) is 0 Å². The van der Waals surface area contributed by atoms with Crippen LogP contribution in [0.1, 0.15) is 30.9 Å². The molecule has 3 nitrogen and oxygen atoms in total. The van der Waals surface area contributed by atoms with E-state index in [0.717, 1.165) is 19.5 Å². The van der Waals surface area contributed by atoms with Gasteiger partial charge in [0.2, 0.25) is 0 Å². The third-order valence-corrected chi connectivity index (χ3v) is 5.73. The number of allylic oxidation sites excluding steroid dienone is 2. The zero-order chi connectivity index (χ0) is 18.6. The van der Waals surface area contributed by atoms with E-state index in [9.17, 15) is 0 Å². The summed E-state index contributed by atoms with van der Waals surface area (Å²) in [6, 6.07) is 17.2. The molecule has 0 atom stereocenters. The van der Waals surface area contributed by atoms with Gasteiger partial charge in [-0.3, -0.25) is 0 Å². The predicted octanol–water partition coefficient (Wildman–Crippen LogP) is 4.87. The fraction of sp³-hybridized carbons (Fsp3) is 0.333. The molecule has 0 saturated heterocycles. The fourth-order valence-electron chi connectivity index (χ4n) is 4.28. The summed E-state index contributed by atoms with van der Waals surface area (Å²) in [5.74, 6) is 0. The van der Waals surface area contributed by atoms with Gasteiger partial charge in [0.05, 0.1) is 0 Å². The lowest BCUT2D eigenvalue weighted by Gasteiger charge is -2.16. The molecule has 5 rings (SSSR count). The molecule has 0 radical (unpaired) electrons. The molecule has 0 saturated carbocycles. The van der Waals surface area contributed by atoms with Gasteiger partial charge in [-0.1, -0.05) is 36.4 Å². The third-order valence-electron chi connectivity index (χ3n) is 5.73. The molecule has 2 aromatic rings. The summed E-state index contributed by atoms with van der Waals surface area (Å²) in [5.41, 5.74) is 9.90. The van der Waals surface area contributed by atoms with E-state index >= 15 is 0 Å². The number of hydrogen-bond donors (Lipinski definition) is 2. The lowest BCUT2D eigenvalue weighted by molar-refractivity contribution is 0.943. The van der Waals surface area contributed by atoms with Crippen molar-refractivity contribution in [2.75, 3.05) is 30.4 Å². The maximum atomic E-state index is 3.35. The van der Waals surface area contributed by atoms with Gasteiger partial charge < -0.3 is 15.5 Å². The number of rotatable bonds is 2. The van der Waals surface area contributed by atoms with Gasteiger partial charge in [0.15, 0.2) is 0 Å². The van der Waals surface area contributed by atoms with Gasteiger partial charge in [-0.25, -0.2) is 0 Å². The molecule has 3 heteroatoms. The average molecular weight is 360 g/mol. The summed E-state index contributed by atoms with van der Waals surface area (Å²) >= 11 is 0. The molecule has 2 aliphatic heterocycles. The summed E-state index contributed by atoms with van der Waals surface area (Å²) in [7, 11) is 2.02. The summed E-state index contributed by atoms with van der Waals surface area (Å²) in [6.07, 6.45) is 7.06. The first-order valence-electron chi connectivity index (χ1n) is 10.0. The fourth-order valence-corrected chi connectivity index (χ4v) is 4.28. The summed E-state index contributed by atoms with van der Waals surface area (Å²) in [6.45, 7) is 4.45. The van der Waals surface area contributed by atoms with Gasteiger partial charge in [-0.2, -0.15) is 0 Å². The molecule has 0 aromatic heterocycles. The van der Waals surface area contributed by atoms with Crippen LogP contribution in [0, 0.1) is 0 Å². The highest BCUT2D eigenvalue weighted by atomic mass is 15.1. The summed E-state index contributed by atoms with van der Waals surface area (Å²) < 4.78 is 0. The second-order valence-corrected chi connectivity index (χ2v) is 7.47. The minimum absolute atomic E-state index is 1.11. The first-order chi connectivity index (χ1) is 13.3. The molecule has 3 aliphatic rings. The van der Waals surface area contributed by atoms with Crippen LogP contribution in [0.3, 0.4) is 0 Å². The van der Waals surface area contributed by atoms with Crippen LogP contribution in [0.15, 0.2) is 71.6 Å². The van der Waals surface area contributed by atoms with Crippen molar-refractivity contribution in [1.29, 1.82) is 0 Å². The number of benzene rings is 2. The Bertz CT molecular complexity index is 856. The van der Waals surface area contributed by atoms with Crippen molar-refractivity contribution in [3.8, 4) is 0 Å². The van der Waals surface area contributed by atoms with Gasteiger partial charge >= 0.3 is 0 Å². The van der Waals surface area contributed by atoms with E-state index in [0.29, 0.717) is 0 Å². The van der Waals surface area contributed by atoms with Gasteiger partial charge in [0.25, 0.3) is 0 Å². The van der Waals surface area contributed by atoms with E-state index in [1.54, 1.807) is 0 Å². The lowest BCUT2D eigenvalue weighted by atomic mass is 10.2. The molecule has 1 aliphatic carbocycles. The monoisotopic (exact) mass is 359 g/mol. The Balaban J connectivity index is 0.000000167. The first kappa shape index (κ1) is 17.7. The van der Waals surface area contributed by atoms with Crippen LogP contribution >= 0.6 is 0 Å². The molecule has 0 fully saturated rings.